The number of rotatable bonds is 5. The largest absolute Gasteiger partial charge is 0.344 e. The molecule has 0 saturated carbocycles. The van der Waals surface area contributed by atoms with Crippen LogP contribution in [0.5, 0.6) is 0 Å². The predicted octanol–water partition coefficient (Wildman–Crippen LogP) is 1.71. The molecule has 0 aliphatic carbocycles. The summed E-state index contributed by atoms with van der Waals surface area (Å²) in [6, 6.07) is 0.560. The van der Waals surface area contributed by atoms with Gasteiger partial charge in [-0.15, -0.1) is 0 Å². The van der Waals surface area contributed by atoms with Gasteiger partial charge in [-0.3, -0.25) is 4.79 Å². The normalized spacial score (nSPS) is 26.6. The van der Waals surface area contributed by atoms with Crippen LogP contribution in [0, 0.1) is 5.41 Å². The smallest absolute Gasteiger partial charge is 0.228 e. The average molecular weight is 281 g/mol. The molecule has 1 atom stereocenters. The van der Waals surface area contributed by atoms with E-state index < -0.39 is 0 Å². The molecule has 4 heteroatoms. The van der Waals surface area contributed by atoms with Crippen LogP contribution in [0.2, 0.25) is 0 Å². The highest BCUT2D eigenvalue weighted by Crippen LogP contribution is 2.36. The topological polar surface area (TPSA) is 35.6 Å². The first-order valence-electron chi connectivity index (χ1n) is 8.25. The third-order valence-corrected chi connectivity index (χ3v) is 5.25. The van der Waals surface area contributed by atoms with E-state index in [9.17, 15) is 4.79 Å². The summed E-state index contributed by atoms with van der Waals surface area (Å²) in [4.78, 5) is 17.4. The highest BCUT2D eigenvalue weighted by atomic mass is 16.2. The standard InChI is InChI=1S/C16H31N3O/c1-4-7-16(8-10-17-11-9-16)15(20)19(3)13-14-6-5-12-18(14)2/h14,17H,4-13H2,1-3H3. The number of likely N-dealkylation sites (tertiary alicyclic amines) is 1. The van der Waals surface area contributed by atoms with Gasteiger partial charge in [0.2, 0.25) is 5.91 Å². The lowest BCUT2D eigenvalue weighted by atomic mass is 9.74. The molecule has 0 aromatic rings. The van der Waals surface area contributed by atoms with Crippen molar-refractivity contribution in [3.8, 4) is 0 Å². The van der Waals surface area contributed by atoms with Gasteiger partial charge in [-0.25, -0.2) is 0 Å². The highest BCUT2D eigenvalue weighted by Gasteiger charge is 2.40. The van der Waals surface area contributed by atoms with Gasteiger partial charge in [-0.2, -0.15) is 0 Å². The van der Waals surface area contributed by atoms with E-state index in [0.717, 1.165) is 45.3 Å². The van der Waals surface area contributed by atoms with Crippen molar-refractivity contribution in [1.82, 2.24) is 15.1 Å². The Kier molecular flexibility index (Phi) is 5.44. The molecule has 0 spiro atoms. The number of nitrogens with zero attached hydrogens (tertiary/aromatic N) is 2. The molecular formula is C16H31N3O. The second kappa shape index (κ2) is 6.90. The van der Waals surface area contributed by atoms with Crippen LogP contribution in [-0.2, 0) is 4.79 Å². The minimum atomic E-state index is -0.0913. The lowest BCUT2D eigenvalue weighted by Gasteiger charge is -2.40. The molecule has 4 nitrogen and oxygen atoms in total. The average Bonchev–Trinajstić information content (AvgIpc) is 2.85. The molecule has 0 bridgehead atoms. The summed E-state index contributed by atoms with van der Waals surface area (Å²) >= 11 is 0. The van der Waals surface area contributed by atoms with Gasteiger partial charge < -0.3 is 15.1 Å². The van der Waals surface area contributed by atoms with Crippen molar-refractivity contribution in [2.24, 2.45) is 5.41 Å². The van der Waals surface area contributed by atoms with E-state index >= 15 is 0 Å². The third-order valence-electron chi connectivity index (χ3n) is 5.25. The van der Waals surface area contributed by atoms with Gasteiger partial charge in [0.1, 0.15) is 0 Å². The number of carbonyl (C=O) groups is 1. The van der Waals surface area contributed by atoms with Crippen LogP contribution in [-0.4, -0.2) is 62.0 Å². The number of hydrogen-bond acceptors (Lipinski definition) is 3. The summed E-state index contributed by atoms with van der Waals surface area (Å²) in [6.45, 7) is 6.25. The van der Waals surface area contributed by atoms with Crippen LogP contribution in [0.4, 0.5) is 0 Å². The molecule has 116 valence electrons. The Morgan fingerprint density at radius 2 is 2.10 bits per heavy atom. The Morgan fingerprint density at radius 1 is 1.40 bits per heavy atom. The zero-order valence-electron chi connectivity index (χ0n) is 13.5. The van der Waals surface area contributed by atoms with Gasteiger partial charge in [0.15, 0.2) is 0 Å². The van der Waals surface area contributed by atoms with Crippen molar-refractivity contribution in [2.45, 2.75) is 51.5 Å². The first-order valence-corrected chi connectivity index (χ1v) is 8.25. The van der Waals surface area contributed by atoms with E-state index in [1.54, 1.807) is 0 Å². The third kappa shape index (κ3) is 3.34. The summed E-state index contributed by atoms with van der Waals surface area (Å²) in [5, 5.41) is 3.39. The molecule has 1 unspecified atom stereocenters. The van der Waals surface area contributed by atoms with Crippen molar-refractivity contribution < 1.29 is 4.79 Å². The predicted molar refractivity (Wildman–Crippen MR) is 82.7 cm³/mol. The zero-order chi connectivity index (χ0) is 14.6. The molecule has 0 aromatic heterocycles. The Bertz CT molecular complexity index is 320. The van der Waals surface area contributed by atoms with E-state index in [1.165, 1.54) is 19.4 Å². The van der Waals surface area contributed by atoms with Crippen molar-refractivity contribution in [3.05, 3.63) is 0 Å². The molecule has 2 rings (SSSR count). The summed E-state index contributed by atoms with van der Waals surface area (Å²) in [7, 11) is 4.19. The maximum absolute atomic E-state index is 13.0. The molecule has 1 N–H and O–H groups in total. The van der Waals surface area contributed by atoms with Gasteiger partial charge in [0.05, 0.1) is 5.41 Å². The molecule has 2 heterocycles. The lowest BCUT2D eigenvalue weighted by molar-refractivity contribution is -0.143. The highest BCUT2D eigenvalue weighted by molar-refractivity contribution is 5.82. The summed E-state index contributed by atoms with van der Waals surface area (Å²) in [5.74, 6) is 0.390. The Balaban J connectivity index is 1.99. The fourth-order valence-electron chi connectivity index (χ4n) is 3.97. The Morgan fingerprint density at radius 3 is 2.65 bits per heavy atom. The molecule has 0 radical (unpaired) electrons. The molecule has 20 heavy (non-hydrogen) atoms. The number of likely N-dealkylation sites (N-methyl/N-ethyl adjacent to an activating group) is 2. The van der Waals surface area contributed by atoms with Gasteiger partial charge in [0, 0.05) is 19.6 Å². The van der Waals surface area contributed by atoms with E-state index in [1.807, 2.05) is 11.9 Å². The lowest BCUT2D eigenvalue weighted by Crippen LogP contribution is -2.50. The molecule has 2 aliphatic heterocycles. The molecule has 1 amide bonds. The molecule has 2 saturated heterocycles. The molecule has 2 aliphatic rings. The van der Waals surface area contributed by atoms with Crippen molar-refractivity contribution in [3.63, 3.8) is 0 Å². The fraction of sp³-hybridized carbons (Fsp3) is 0.938. The van der Waals surface area contributed by atoms with Gasteiger partial charge in [-0.05, 0) is 58.8 Å². The minimum absolute atomic E-state index is 0.0913. The summed E-state index contributed by atoms with van der Waals surface area (Å²) in [6.07, 6.45) is 6.65. The van der Waals surface area contributed by atoms with Crippen molar-refractivity contribution >= 4 is 5.91 Å². The SMILES string of the molecule is CCCC1(C(=O)N(C)CC2CCCN2C)CCNCC1. The fourth-order valence-corrected chi connectivity index (χ4v) is 3.97. The number of carbonyl (C=O) groups excluding carboxylic acids is 1. The number of nitrogens with one attached hydrogen (secondary N) is 1. The number of amides is 1. The maximum atomic E-state index is 13.0. The van der Waals surface area contributed by atoms with Gasteiger partial charge in [-0.1, -0.05) is 13.3 Å². The van der Waals surface area contributed by atoms with E-state index in [2.05, 4.69) is 24.2 Å². The first kappa shape index (κ1) is 15.8. The van der Waals surface area contributed by atoms with Crippen molar-refractivity contribution in [2.75, 3.05) is 40.3 Å². The Hall–Kier alpha value is -0.610. The number of hydrogen-bond donors (Lipinski definition) is 1. The first-order chi connectivity index (χ1) is 9.59. The van der Waals surface area contributed by atoms with Crippen LogP contribution in [0.15, 0.2) is 0 Å². The zero-order valence-corrected chi connectivity index (χ0v) is 13.5. The van der Waals surface area contributed by atoms with Gasteiger partial charge in [0.25, 0.3) is 0 Å². The maximum Gasteiger partial charge on any atom is 0.228 e. The molecular weight excluding hydrogens is 250 g/mol. The summed E-state index contributed by atoms with van der Waals surface area (Å²) in [5.41, 5.74) is -0.0913. The van der Waals surface area contributed by atoms with E-state index in [0.29, 0.717) is 11.9 Å². The Labute approximate surface area is 123 Å². The molecule has 0 aromatic carbocycles. The second-order valence-electron chi connectivity index (χ2n) is 6.74. The van der Waals surface area contributed by atoms with E-state index in [-0.39, 0.29) is 5.41 Å². The van der Waals surface area contributed by atoms with Crippen LogP contribution < -0.4 is 5.32 Å². The van der Waals surface area contributed by atoms with Crippen LogP contribution in [0.3, 0.4) is 0 Å². The quantitative estimate of drug-likeness (QED) is 0.833. The van der Waals surface area contributed by atoms with Gasteiger partial charge >= 0.3 is 0 Å². The minimum Gasteiger partial charge on any atom is -0.344 e. The van der Waals surface area contributed by atoms with Crippen molar-refractivity contribution in [1.29, 1.82) is 0 Å². The molecule has 2 fully saturated rings. The van der Waals surface area contributed by atoms with E-state index in [4.69, 9.17) is 0 Å². The van der Waals surface area contributed by atoms with Crippen LogP contribution in [0.25, 0.3) is 0 Å². The van der Waals surface area contributed by atoms with Crippen LogP contribution >= 0.6 is 0 Å². The second-order valence-corrected chi connectivity index (χ2v) is 6.74. The van der Waals surface area contributed by atoms with Crippen LogP contribution in [0.1, 0.15) is 45.4 Å². The number of piperidine rings is 1. The monoisotopic (exact) mass is 281 g/mol. The summed E-state index contributed by atoms with van der Waals surface area (Å²) < 4.78 is 0.